The van der Waals surface area contributed by atoms with Gasteiger partial charge in [0.25, 0.3) is 0 Å². The van der Waals surface area contributed by atoms with Crippen LogP contribution in [0.5, 0.6) is 0 Å². The molecule has 1 aromatic carbocycles. The number of nitrogens with zero attached hydrogens (tertiary/aromatic N) is 1. The first kappa shape index (κ1) is 9.98. The summed E-state index contributed by atoms with van der Waals surface area (Å²) in [5, 5.41) is 3.88. The molecule has 0 aliphatic rings. The molecule has 1 aromatic heterocycles. The molecule has 0 aliphatic heterocycles. The van der Waals surface area contributed by atoms with E-state index in [-0.39, 0.29) is 18.1 Å². The van der Waals surface area contributed by atoms with Crippen LogP contribution in [0.3, 0.4) is 0 Å². The van der Waals surface area contributed by atoms with E-state index in [9.17, 15) is 4.39 Å². The van der Waals surface area contributed by atoms with E-state index < -0.39 is 0 Å². The van der Waals surface area contributed by atoms with Crippen LogP contribution in [0.4, 0.5) is 10.2 Å². The highest BCUT2D eigenvalue weighted by Gasteiger charge is 2.11. The minimum Gasteiger partial charge on any atom is -0.381 e. The van der Waals surface area contributed by atoms with Gasteiger partial charge in [-0.15, -0.1) is 0 Å². The fourth-order valence-corrected chi connectivity index (χ4v) is 1.52. The third kappa shape index (κ3) is 1.94. The third-order valence-corrected chi connectivity index (χ3v) is 2.46. The van der Waals surface area contributed by atoms with Gasteiger partial charge >= 0.3 is 0 Å². The van der Waals surface area contributed by atoms with E-state index in [4.69, 9.17) is 17.3 Å². The smallest absolute Gasteiger partial charge is 0.170 e. The van der Waals surface area contributed by atoms with Gasteiger partial charge in [0.05, 0.1) is 0 Å². The number of hydrogen-bond acceptors (Lipinski definition) is 3. The molecule has 0 saturated carbocycles. The van der Waals surface area contributed by atoms with Crippen molar-refractivity contribution in [2.45, 2.75) is 6.42 Å². The predicted octanol–water partition coefficient (Wildman–Crippen LogP) is 2.64. The van der Waals surface area contributed by atoms with Crippen molar-refractivity contribution in [1.29, 1.82) is 0 Å². The lowest BCUT2D eigenvalue weighted by molar-refractivity contribution is 0.422. The zero-order valence-corrected chi connectivity index (χ0v) is 8.46. The van der Waals surface area contributed by atoms with Gasteiger partial charge < -0.3 is 10.3 Å². The van der Waals surface area contributed by atoms with Crippen molar-refractivity contribution >= 4 is 17.4 Å². The summed E-state index contributed by atoms with van der Waals surface area (Å²) >= 11 is 5.87. The maximum absolute atomic E-state index is 13.4. The van der Waals surface area contributed by atoms with E-state index in [2.05, 4.69) is 9.68 Å². The lowest BCUT2D eigenvalue weighted by atomic mass is 10.1. The molecule has 0 atom stereocenters. The molecule has 0 amide bonds. The molecule has 0 unspecified atom stereocenters. The van der Waals surface area contributed by atoms with Crippen LogP contribution in [0.15, 0.2) is 29.0 Å². The fraction of sp³-hybridized carbons (Fsp3) is 0.100. The first-order valence-electron chi connectivity index (χ1n) is 4.30. The average molecular weight is 227 g/mol. The number of hydrogen-bond donors (Lipinski definition) is 1. The molecule has 2 N–H and O–H groups in total. The van der Waals surface area contributed by atoms with Gasteiger partial charge in [-0.25, -0.2) is 4.39 Å². The van der Waals surface area contributed by atoms with Gasteiger partial charge in [-0.2, -0.15) is 0 Å². The van der Waals surface area contributed by atoms with Gasteiger partial charge in [-0.1, -0.05) is 22.8 Å². The molecule has 0 fully saturated rings. The summed E-state index contributed by atoms with van der Waals surface area (Å²) in [6, 6.07) is 4.53. The van der Waals surface area contributed by atoms with Gasteiger partial charge in [-0.3, -0.25) is 0 Å². The molecule has 15 heavy (non-hydrogen) atoms. The van der Waals surface area contributed by atoms with Crippen molar-refractivity contribution in [1.82, 2.24) is 5.16 Å². The standard InChI is InChI=1S/C10H8ClFN2O/c11-8-2-1-3-9(12)7(8)4-6-5-15-14-10(6)13/h1-3,5H,4H2,(H2,13,14). The molecule has 2 rings (SSSR count). The lowest BCUT2D eigenvalue weighted by Crippen LogP contribution is -1.96. The summed E-state index contributed by atoms with van der Waals surface area (Å²) in [5.74, 6) is -0.0996. The highest BCUT2D eigenvalue weighted by Crippen LogP contribution is 2.23. The first-order valence-corrected chi connectivity index (χ1v) is 4.68. The number of anilines is 1. The van der Waals surface area contributed by atoms with Gasteiger partial charge in [0, 0.05) is 22.6 Å². The van der Waals surface area contributed by atoms with Crippen LogP contribution < -0.4 is 5.73 Å². The number of rotatable bonds is 2. The Kier molecular flexibility index (Phi) is 2.60. The third-order valence-electron chi connectivity index (χ3n) is 2.10. The van der Waals surface area contributed by atoms with Crippen LogP contribution in [0.1, 0.15) is 11.1 Å². The molecule has 0 bridgehead atoms. The molecule has 3 nitrogen and oxygen atoms in total. The van der Waals surface area contributed by atoms with E-state index >= 15 is 0 Å². The summed E-state index contributed by atoms with van der Waals surface area (Å²) < 4.78 is 18.1. The zero-order valence-electron chi connectivity index (χ0n) is 7.71. The summed E-state index contributed by atoms with van der Waals surface area (Å²) in [6.07, 6.45) is 1.67. The Bertz CT molecular complexity index is 464. The van der Waals surface area contributed by atoms with Crippen molar-refractivity contribution < 1.29 is 8.91 Å². The molecule has 0 spiro atoms. The second-order valence-electron chi connectivity index (χ2n) is 3.10. The van der Waals surface area contributed by atoms with Crippen LogP contribution in [0.25, 0.3) is 0 Å². The Morgan fingerprint density at radius 3 is 2.87 bits per heavy atom. The van der Waals surface area contributed by atoms with Crippen LogP contribution in [0.2, 0.25) is 5.02 Å². The molecular formula is C10H8ClFN2O. The molecule has 2 aromatic rings. The Balaban J connectivity index is 2.36. The van der Waals surface area contributed by atoms with Crippen LogP contribution in [-0.2, 0) is 6.42 Å². The summed E-state index contributed by atoms with van der Waals surface area (Å²) in [7, 11) is 0. The largest absolute Gasteiger partial charge is 0.381 e. The van der Waals surface area contributed by atoms with E-state index in [1.54, 1.807) is 12.1 Å². The minimum atomic E-state index is -0.358. The zero-order chi connectivity index (χ0) is 10.8. The second-order valence-corrected chi connectivity index (χ2v) is 3.51. The Hall–Kier alpha value is -1.55. The van der Waals surface area contributed by atoms with E-state index in [0.29, 0.717) is 16.1 Å². The van der Waals surface area contributed by atoms with Crippen LogP contribution >= 0.6 is 11.6 Å². The van der Waals surface area contributed by atoms with Crippen LogP contribution in [-0.4, -0.2) is 5.16 Å². The molecule has 0 aliphatic carbocycles. The minimum absolute atomic E-state index is 0.259. The van der Waals surface area contributed by atoms with Crippen molar-refractivity contribution in [3.63, 3.8) is 0 Å². The lowest BCUT2D eigenvalue weighted by Gasteiger charge is -2.03. The maximum Gasteiger partial charge on any atom is 0.170 e. The highest BCUT2D eigenvalue weighted by molar-refractivity contribution is 6.31. The number of aromatic nitrogens is 1. The van der Waals surface area contributed by atoms with Crippen molar-refractivity contribution in [3.8, 4) is 0 Å². The van der Waals surface area contributed by atoms with Gasteiger partial charge in [0.15, 0.2) is 5.82 Å². The van der Waals surface area contributed by atoms with Gasteiger partial charge in [0.2, 0.25) is 0 Å². The summed E-state index contributed by atoms with van der Waals surface area (Å²) in [5.41, 5.74) is 6.54. The van der Waals surface area contributed by atoms with E-state index in [1.807, 2.05) is 0 Å². The Morgan fingerprint density at radius 2 is 2.27 bits per heavy atom. The first-order chi connectivity index (χ1) is 7.18. The SMILES string of the molecule is Nc1nocc1Cc1c(F)cccc1Cl. The number of benzene rings is 1. The maximum atomic E-state index is 13.4. The quantitative estimate of drug-likeness (QED) is 0.857. The van der Waals surface area contributed by atoms with Crippen molar-refractivity contribution in [2.24, 2.45) is 0 Å². The Labute approximate surface area is 90.6 Å². The topological polar surface area (TPSA) is 52.0 Å². The molecule has 0 radical (unpaired) electrons. The molecule has 0 saturated heterocycles. The highest BCUT2D eigenvalue weighted by atomic mass is 35.5. The number of nitrogens with two attached hydrogens (primary N) is 1. The monoisotopic (exact) mass is 226 g/mol. The predicted molar refractivity (Wildman–Crippen MR) is 55.1 cm³/mol. The summed E-state index contributed by atoms with van der Waals surface area (Å²) in [4.78, 5) is 0. The van der Waals surface area contributed by atoms with E-state index in [1.165, 1.54) is 12.3 Å². The average Bonchev–Trinajstić information content (AvgIpc) is 2.58. The molecule has 5 heteroatoms. The van der Waals surface area contributed by atoms with Gasteiger partial charge in [0.1, 0.15) is 12.1 Å². The normalized spacial score (nSPS) is 10.5. The van der Waals surface area contributed by atoms with Crippen molar-refractivity contribution in [2.75, 3.05) is 5.73 Å². The fourth-order valence-electron chi connectivity index (χ4n) is 1.29. The summed E-state index contributed by atoms with van der Waals surface area (Å²) in [6.45, 7) is 0. The van der Waals surface area contributed by atoms with Gasteiger partial charge in [-0.05, 0) is 12.1 Å². The Morgan fingerprint density at radius 1 is 1.47 bits per heavy atom. The molecule has 1 heterocycles. The van der Waals surface area contributed by atoms with Crippen LogP contribution in [0, 0.1) is 5.82 Å². The second kappa shape index (κ2) is 3.90. The number of halogens is 2. The molecule has 78 valence electrons. The van der Waals surface area contributed by atoms with Crippen molar-refractivity contribution in [3.05, 3.63) is 46.4 Å². The number of nitrogen functional groups attached to an aromatic ring is 1. The van der Waals surface area contributed by atoms with E-state index in [0.717, 1.165) is 0 Å². The molecular weight excluding hydrogens is 219 g/mol.